The lowest BCUT2D eigenvalue weighted by Gasteiger charge is -2.26. The van der Waals surface area contributed by atoms with Crippen molar-refractivity contribution in [1.29, 1.82) is 0 Å². The second-order valence-corrected chi connectivity index (χ2v) is 9.49. The summed E-state index contributed by atoms with van der Waals surface area (Å²) in [7, 11) is 0. The summed E-state index contributed by atoms with van der Waals surface area (Å²) in [6.45, 7) is 12.3. The standard InChI is InChI=1S/C15H24BrN3O2S/c1-10-11(16)22-12(18-10)19-7-6-15(5,9-19)8-17-13(20)21-14(2,3)4/h6-9H2,1-5H3,(H,17,20). The highest BCUT2D eigenvalue weighted by atomic mass is 79.9. The first-order valence-corrected chi connectivity index (χ1v) is 9.04. The van der Waals surface area contributed by atoms with Gasteiger partial charge >= 0.3 is 6.09 Å². The zero-order chi connectivity index (χ0) is 16.5. The van der Waals surface area contributed by atoms with Gasteiger partial charge in [0.15, 0.2) is 5.13 Å². The molecule has 0 spiro atoms. The van der Waals surface area contributed by atoms with Crippen LogP contribution < -0.4 is 10.2 Å². The van der Waals surface area contributed by atoms with Crippen LogP contribution in [0.3, 0.4) is 0 Å². The number of halogens is 1. The second-order valence-electron chi connectivity index (χ2n) is 7.19. The third-order valence-electron chi connectivity index (χ3n) is 3.62. The molecule has 1 aromatic rings. The monoisotopic (exact) mass is 389 g/mol. The van der Waals surface area contributed by atoms with Gasteiger partial charge in [0.25, 0.3) is 0 Å². The predicted molar refractivity (Wildman–Crippen MR) is 93.7 cm³/mol. The SMILES string of the molecule is Cc1nc(N2CCC(C)(CNC(=O)OC(C)(C)C)C2)sc1Br. The van der Waals surface area contributed by atoms with Crippen LogP contribution >= 0.6 is 27.3 Å². The number of rotatable bonds is 3. The number of ether oxygens (including phenoxy) is 1. The highest BCUT2D eigenvalue weighted by Crippen LogP contribution is 2.37. The Balaban J connectivity index is 1.89. The molecular weight excluding hydrogens is 366 g/mol. The van der Waals surface area contributed by atoms with Crippen molar-refractivity contribution in [2.24, 2.45) is 5.41 Å². The Bertz CT molecular complexity index is 536. The van der Waals surface area contributed by atoms with E-state index in [0.29, 0.717) is 6.54 Å². The van der Waals surface area contributed by atoms with E-state index in [9.17, 15) is 4.79 Å². The molecule has 7 heteroatoms. The fraction of sp³-hybridized carbons (Fsp3) is 0.733. The van der Waals surface area contributed by atoms with Crippen LogP contribution in [0.2, 0.25) is 0 Å². The van der Waals surface area contributed by atoms with Crippen LogP contribution in [0, 0.1) is 12.3 Å². The Hall–Kier alpha value is -0.820. The molecule has 1 aromatic heterocycles. The lowest BCUT2D eigenvalue weighted by atomic mass is 9.90. The van der Waals surface area contributed by atoms with Crippen LogP contribution in [0.4, 0.5) is 9.93 Å². The number of nitrogens with one attached hydrogen (secondary N) is 1. The molecule has 1 aliphatic heterocycles. The predicted octanol–water partition coefficient (Wildman–Crippen LogP) is 3.96. The number of carbonyl (C=O) groups is 1. The zero-order valence-electron chi connectivity index (χ0n) is 13.8. The summed E-state index contributed by atoms with van der Waals surface area (Å²) in [4.78, 5) is 18.7. The lowest BCUT2D eigenvalue weighted by Crippen LogP contribution is -2.40. The average Bonchev–Trinajstić information content (AvgIpc) is 2.91. The van der Waals surface area contributed by atoms with E-state index in [1.807, 2.05) is 27.7 Å². The minimum absolute atomic E-state index is 0.0446. The highest BCUT2D eigenvalue weighted by molar-refractivity contribution is 9.11. The van der Waals surface area contributed by atoms with Gasteiger partial charge in [-0.2, -0.15) is 0 Å². The molecule has 2 rings (SSSR count). The van der Waals surface area contributed by atoms with E-state index in [1.54, 1.807) is 11.3 Å². The number of nitrogens with zero attached hydrogens (tertiary/aromatic N) is 2. The molecular formula is C15H24BrN3O2S. The molecule has 5 nitrogen and oxygen atoms in total. The maximum Gasteiger partial charge on any atom is 0.407 e. The minimum atomic E-state index is -0.461. The molecule has 0 aromatic carbocycles. The summed E-state index contributed by atoms with van der Waals surface area (Å²) >= 11 is 5.19. The van der Waals surface area contributed by atoms with E-state index in [-0.39, 0.29) is 11.5 Å². The van der Waals surface area contributed by atoms with Gasteiger partial charge in [-0.1, -0.05) is 18.3 Å². The van der Waals surface area contributed by atoms with E-state index >= 15 is 0 Å². The second kappa shape index (κ2) is 6.35. The topological polar surface area (TPSA) is 54.5 Å². The molecule has 22 heavy (non-hydrogen) atoms. The average molecular weight is 390 g/mol. The minimum Gasteiger partial charge on any atom is -0.444 e. The van der Waals surface area contributed by atoms with Crippen molar-refractivity contribution >= 4 is 38.5 Å². The summed E-state index contributed by atoms with van der Waals surface area (Å²) in [5.41, 5.74) is 0.612. The summed E-state index contributed by atoms with van der Waals surface area (Å²) in [5, 5.41) is 3.94. The molecule has 0 aliphatic carbocycles. The summed E-state index contributed by atoms with van der Waals surface area (Å²) in [5.74, 6) is 0. The van der Waals surface area contributed by atoms with E-state index in [2.05, 4.69) is 38.1 Å². The zero-order valence-corrected chi connectivity index (χ0v) is 16.2. The third-order valence-corrected chi connectivity index (χ3v) is 5.68. The van der Waals surface area contributed by atoms with E-state index in [1.165, 1.54) is 0 Å². The van der Waals surface area contributed by atoms with Gasteiger partial charge in [-0.25, -0.2) is 9.78 Å². The van der Waals surface area contributed by atoms with Crippen LogP contribution in [0.15, 0.2) is 3.79 Å². The van der Waals surface area contributed by atoms with Gasteiger partial charge in [-0.05, 0) is 50.0 Å². The van der Waals surface area contributed by atoms with Crippen LogP contribution in [-0.2, 0) is 4.74 Å². The smallest absolute Gasteiger partial charge is 0.407 e. The molecule has 1 aliphatic rings. The first-order valence-electron chi connectivity index (χ1n) is 7.43. The third kappa shape index (κ3) is 4.59. The van der Waals surface area contributed by atoms with Crippen LogP contribution in [0.25, 0.3) is 0 Å². The molecule has 1 amide bonds. The van der Waals surface area contributed by atoms with Gasteiger partial charge in [0.2, 0.25) is 0 Å². The summed E-state index contributed by atoms with van der Waals surface area (Å²) in [6, 6.07) is 0. The molecule has 0 saturated carbocycles. The first-order chi connectivity index (χ1) is 10.1. The molecule has 1 atom stereocenters. The molecule has 124 valence electrons. The van der Waals surface area contributed by atoms with Crippen molar-refractivity contribution in [2.45, 2.75) is 46.6 Å². The number of hydrogen-bond donors (Lipinski definition) is 1. The molecule has 0 bridgehead atoms. The number of carbonyl (C=O) groups excluding carboxylic acids is 1. The Morgan fingerprint density at radius 3 is 2.77 bits per heavy atom. The number of alkyl carbamates (subject to hydrolysis) is 1. The number of amides is 1. The van der Waals surface area contributed by atoms with E-state index in [4.69, 9.17) is 4.74 Å². The fourth-order valence-electron chi connectivity index (χ4n) is 2.43. The van der Waals surface area contributed by atoms with Crippen molar-refractivity contribution in [3.63, 3.8) is 0 Å². The molecule has 1 unspecified atom stereocenters. The quantitative estimate of drug-likeness (QED) is 0.849. The number of anilines is 1. The van der Waals surface area contributed by atoms with Crippen molar-refractivity contribution < 1.29 is 9.53 Å². The molecule has 0 radical (unpaired) electrons. The Morgan fingerprint density at radius 1 is 1.55 bits per heavy atom. The molecule has 1 fully saturated rings. The maximum absolute atomic E-state index is 11.8. The van der Waals surface area contributed by atoms with E-state index < -0.39 is 5.60 Å². The van der Waals surface area contributed by atoms with Gasteiger partial charge in [0.1, 0.15) is 5.60 Å². The van der Waals surface area contributed by atoms with Crippen LogP contribution in [0.5, 0.6) is 0 Å². The fourth-order valence-corrected chi connectivity index (χ4v) is 3.77. The normalized spacial score (nSPS) is 22.0. The van der Waals surface area contributed by atoms with Gasteiger partial charge in [0, 0.05) is 25.0 Å². The Kier molecular flexibility index (Phi) is 5.06. The van der Waals surface area contributed by atoms with Gasteiger partial charge in [0.05, 0.1) is 9.48 Å². The van der Waals surface area contributed by atoms with Gasteiger partial charge < -0.3 is 15.0 Å². The lowest BCUT2D eigenvalue weighted by molar-refractivity contribution is 0.0507. The van der Waals surface area contributed by atoms with Crippen molar-refractivity contribution in [3.8, 4) is 0 Å². The van der Waals surface area contributed by atoms with Crippen molar-refractivity contribution in [1.82, 2.24) is 10.3 Å². The maximum atomic E-state index is 11.8. The number of aromatic nitrogens is 1. The Labute approximate surface area is 144 Å². The number of hydrogen-bond acceptors (Lipinski definition) is 5. The van der Waals surface area contributed by atoms with E-state index in [0.717, 1.165) is 34.1 Å². The van der Waals surface area contributed by atoms with Crippen molar-refractivity contribution in [2.75, 3.05) is 24.5 Å². The van der Waals surface area contributed by atoms with Gasteiger partial charge in [-0.15, -0.1) is 0 Å². The molecule has 1 N–H and O–H groups in total. The summed E-state index contributed by atoms with van der Waals surface area (Å²) < 4.78 is 6.38. The Morgan fingerprint density at radius 2 is 2.23 bits per heavy atom. The van der Waals surface area contributed by atoms with Gasteiger partial charge in [-0.3, -0.25) is 0 Å². The highest BCUT2D eigenvalue weighted by Gasteiger charge is 2.35. The number of thiazole rings is 1. The van der Waals surface area contributed by atoms with Crippen LogP contribution in [0.1, 0.15) is 39.8 Å². The largest absolute Gasteiger partial charge is 0.444 e. The molecule has 1 saturated heterocycles. The van der Waals surface area contributed by atoms with Crippen LogP contribution in [-0.4, -0.2) is 36.3 Å². The van der Waals surface area contributed by atoms with Crippen molar-refractivity contribution in [3.05, 3.63) is 9.48 Å². The number of aryl methyl sites for hydroxylation is 1. The molecule has 2 heterocycles. The summed E-state index contributed by atoms with van der Waals surface area (Å²) in [6.07, 6.45) is 0.680. The first kappa shape index (κ1) is 17.5.